The molecule has 134 valence electrons. The lowest BCUT2D eigenvalue weighted by molar-refractivity contribution is 0.262. The summed E-state index contributed by atoms with van der Waals surface area (Å²) < 4.78 is 1.64. The van der Waals surface area contributed by atoms with Gasteiger partial charge in [0.1, 0.15) is 5.02 Å². The highest BCUT2D eigenvalue weighted by molar-refractivity contribution is 6.33. The molecule has 0 atom stereocenters. The van der Waals surface area contributed by atoms with Gasteiger partial charge in [-0.15, -0.1) is 0 Å². The van der Waals surface area contributed by atoms with E-state index >= 15 is 0 Å². The maximum Gasteiger partial charge on any atom is 0.324 e. The van der Waals surface area contributed by atoms with E-state index in [9.17, 15) is 4.79 Å². The molecule has 26 heavy (non-hydrogen) atoms. The third-order valence-electron chi connectivity index (χ3n) is 3.88. The number of nitrogens with zero attached hydrogens (tertiary/aromatic N) is 2. The molecule has 2 N–H and O–H groups in total. The minimum absolute atomic E-state index is 0.293. The number of aromatic nitrogens is 2. The van der Waals surface area contributed by atoms with Crippen LogP contribution in [-0.4, -0.2) is 15.8 Å². The molecule has 2 amide bonds. The first kappa shape index (κ1) is 18.3. The number of halogens is 2. The van der Waals surface area contributed by atoms with Crippen molar-refractivity contribution in [2.75, 3.05) is 10.6 Å². The topological polar surface area (TPSA) is 59.0 Å². The molecular weight excluding hydrogens is 371 g/mol. The largest absolute Gasteiger partial charge is 0.324 e. The summed E-state index contributed by atoms with van der Waals surface area (Å²) in [5, 5.41) is 10.8. The monoisotopic (exact) mass is 388 g/mol. The zero-order valence-corrected chi connectivity index (χ0v) is 15.9. The van der Waals surface area contributed by atoms with Crippen LogP contribution in [0.25, 0.3) is 0 Å². The fourth-order valence-corrected chi connectivity index (χ4v) is 2.89. The summed E-state index contributed by atoms with van der Waals surface area (Å²) in [7, 11) is 0. The van der Waals surface area contributed by atoms with Crippen molar-refractivity contribution in [3.8, 4) is 0 Å². The van der Waals surface area contributed by atoms with Gasteiger partial charge in [-0.2, -0.15) is 5.10 Å². The van der Waals surface area contributed by atoms with Crippen LogP contribution in [0.15, 0.2) is 48.7 Å². The van der Waals surface area contributed by atoms with Crippen molar-refractivity contribution in [2.45, 2.75) is 20.4 Å². The number of amides is 2. The third-order valence-corrected chi connectivity index (χ3v) is 4.53. The first-order chi connectivity index (χ1) is 12.4. The summed E-state index contributed by atoms with van der Waals surface area (Å²) in [6, 6.07) is 13.0. The number of hydrogen-bond donors (Lipinski definition) is 2. The summed E-state index contributed by atoms with van der Waals surface area (Å²) in [5.41, 5.74) is 3.70. The van der Waals surface area contributed by atoms with Crippen LogP contribution in [0.3, 0.4) is 0 Å². The van der Waals surface area contributed by atoms with Crippen molar-refractivity contribution in [1.82, 2.24) is 9.78 Å². The first-order valence-electron chi connectivity index (χ1n) is 8.04. The predicted octanol–water partition coefficient (Wildman–Crippen LogP) is 5.50. The molecule has 0 saturated carbocycles. The molecule has 1 aromatic heterocycles. The molecule has 0 bridgehead atoms. The highest BCUT2D eigenvalue weighted by Crippen LogP contribution is 2.23. The van der Waals surface area contributed by atoms with Gasteiger partial charge in [-0.25, -0.2) is 4.79 Å². The number of hydrogen-bond acceptors (Lipinski definition) is 2. The quantitative estimate of drug-likeness (QED) is 0.619. The Morgan fingerprint density at radius 2 is 1.85 bits per heavy atom. The third kappa shape index (κ3) is 4.36. The lowest BCUT2D eigenvalue weighted by atomic mass is 10.1. The van der Waals surface area contributed by atoms with Crippen molar-refractivity contribution < 1.29 is 4.79 Å². The van der Waals surface area contributed by atoms with E-state index in [0.717, 1.165) is 22.4 Å². The van der Waals surface area contributed by atoms with Crippen LogP contribution in [-0.2, 0) is 6.54 Å². The van der Waals surface area contributed by atoms with Gasteiger partial charge in [-0.3, -0.25) is 10.00 Å². The van der Waals surface area contributed by atoms with Crippen LogP contribution in [0.5, 0.6) is 0 Å². The average Bonchev–Trinajstić information content (AvgIpc) is 2.92. The number of carbonyl (C=O) groups excluding carboxylic acids is 1. The Bertz CT molecular complexity index is 952. The van der Waals surface area contributed by atoms with Gasteiger partial charge in [0.05, 0.1) is 6.54 Å². The van der Waals surface area contributed by atoms with Gasteiger partial charge in [0.2, 0.25) is 0 Å². The number of urea groups is 1. The second-order valence-corrected chi connectivity index (χ2v) is 6.83. The molecule has 0 fully saturated rings. The number of rotatable bonds is 4. The van der Waals surface area contributed by atoms with Gasteiger partial charge >= 0.3 is 6.03 Å². The van der Waals surface area contributed by atoms with Crippen molar-refractivity contribution in [3.05, 3.63) is 75.4 Å². The maximum atomic E-state index is 12.3. The summed E-state index contributed by atoms with van der Waals surface area (Å²) in [6.07, 6.45) is 1.65. The van der Waals surface area contributed by atoms with E-state index in [1.807, 2.05) is 56.3 Å². The van der Waals surface area contributed by atoms with Crippen LogP contribution >= 0.6 is 23.2 Å². The molecule has 0 saturated heterocycles. The van der Waals surface area contributed by atoms with E-state index in [4.69, 9.17) is 23.2 Å². The lowest BCUT2D eigenvalue weighted by Crippen LogP contribution is -2.20. The number of aryl methyl sites for hydroxylation is 2. The fraction of sp³-hybridized carbons (Fsp3) is 0.158. The number of anilines is 2. The molecule has 7 heteroatoms. The fourth-order valence-electron chi connectivity index (χ4n) is 2.50. The van der Waals surface area contributed by atoms with E-state index in [-0.39, 0.29) is 0 Å². The van der Waals surface area contributed by atoms with E-state index in [0.29, 0.717) is 22.4 Å². The van der Waals surface area contributed by atoms with Crippen LogP contribution in [0.4, 0.5) is 16.3 Å². The Morgan fingerprint density at radius 1 is 1.08 bits per heavy atom. The molecule has 2 aromatic carbocycles. The van der Waals surface area contributed by atoms with E-state index < -0.39 is 6.03 Å². The van der Waals surface area contributed by atoms with Gasteiger partial charge in [0.15, 0.2) is 5.82 Å². The summed E-state index contributed by atoms with van der Waals surface area (Å²) in [5.74, 6) is 0.293. The molecule has 0 radical (unpaired) electrons. The lowest BCUT2D eigenvalue weighted by Gasteiger charge is -2.09. The second kappa shape index (κ2) is 7.81. The molecular formula is C19H18Cl2N4O. The average molecular weight is 389 g/mol. The standard InChI is InChI=1S/C19H18Cl2N4O/c1-12-7-8-13(2)17(9-12)22-19(26)23-18-16(21)11-25(24-18)10-14-5-3-4-6-15(14)20/h3-9,11H,10H2,1-2H3,(H2,22,23,24,26). The molecule has 0 aliphatic rings. The van der Waals surface area contributed by atoms with Crippen LogP contribution < -0.4 is 10.6 Å². The smallest absolute Gasteiger partial charge is 0.307 e. The number of nitrogens with one attached hydrogen (secondary N) is 2. The number of benzene rings is 2. The highest BCUT2D eigenvalue weighted by atomic mass is 35.5. The Kier molecular flexibility index (Phi) is 5.49. The van der Waals surface area contributed by atoms with Crippen LogP contribution in [0, 0.1) is 13.8 Å². The predicted molar refractivity (Wildman–Crippen MR) is 106 cm³/mol. The molecule has 0 aliphatic carbocycles. The van der Waals surface area contributed by atoms with E-state index in [2.05, 4.69) is 15.7 Å². The minimum atomic E-state index is -0.399. The summed E-state index contributed by atoms with van der Waals surface area (Å²) in [4.78, 5) is 12.3. The van der Waals surface area contributed by atoms with Crippen LogP contribution in [0.1, 0.15) is 16.7 Å². The first-order valence-corrected chi connectivity index (χ1v) is 8.79. The number of carbonyl (C=O) groups is 1. The minimum Gasteiger partial charge on any atom is -0.307 e. The Balaban J connectivity index is 1.70. The van der Waals surface area contributed by atoms with Gasteiger partial charge in [0.25, 0.3) is 0 Å². The second-order valence-electron chi connectivity index (χ2n) is 6.01. The Morgan fingerprint density at radius 3 is 2.62 bits per heavy atom. The molecule has 3 aromatic rings. The zero-order valence-electron chi connectivity index (χ0n) is 14.4. The van der Waals surface area contributed by atoms with Crippen molar-refractivity contribution in [3.63, 3.8) is 0 Å². The summed E-state index contributed by atoms with van der Waals surface area (Å²) >= 11 is 12.4. The van der Waals surface area contributed by atoms with E-state index in [1.165, 1.54) is 0 Å². The molecule has 3 rings (SSSR count). The molecule has 5 nitrogen and oxygen atoms in total. The Hall–Kier alpha value is -2.50. The van der Waals surface area contributed by atoms with Crippen LogP contribution in [0.2, 0.25) is 10.0 Å². The van der Waals surface area contributed by atoms with Gasteiger partial charge in [-0.05, 0) is 42.7 Å². The van der Waals surface area contributed by atoms with Gasteiger partial charge in [-0.1, -0.05) is 53.5 Å². The summed E-state index contributed by atoms with van der Waals surface area (Å²) in [6.45, 7) is 4.36. The normalized spacial score (nSPS) is 10.6. The molecule has 1 heterocycles. The van der Waals surface area contributed by atoms with Gasteiger partial charge < -0.3 is 5.32 Å². The van der Waals surface area contributed by atoms with Gasteiger partial charge in [0, 0.05) is 16.9 Å². The zero-order chi connectivity index (χ0) is 18.7. The Labute approximate surface area is 161 Å². The van der Waals surface area contributed by atoms with Crippen molar-refractivity contribution >= 4 is 40.7 Å². The molecule has 0 spiro atoms. The van der Waals surface area contributed by atoms with Crippen molar-refractivity contribution in [1.29, 1.82) is 0 Å². The van der Waals surface area contributed by atoms with Crippen molar-refractivity contribution in [2.24, 2.45) is 0 Å². The van der Waals surface area contributed by atoms with E-state index in [1.54, 1.807) is 10.9 Å². The maximum absolute atomic E-state index is 12.3. The SMILES string of the molecule is Cc1ccc(C)c(NC(=O)Nc2nn(Cc3ccccc3Cl)cc2Cl)c1. The molecule has 0 unspecified atom stereocenters. The highest BCUT2D eigenvalue weighted by Gasteiger charge is 2.12. The molecule has 0 aliphatic heterocycles.